The molecule has 34 heavy (non-hydrogen) atoms. The zero-order chi connectivity index (χ0) is 24.6. The number of rotatable bonds is 8. The number of amides is 3. The highest BCUT2D eigenvalue weighted by Crippen LogP contribution is 2.30. The standard InChI is InChI=1S/C23H27N7O4/c1-14-9-19(16(3)30(14)15(2)12-34-5)20(31)11-28-21(32)23(4,25-22(28)33)17-7-6-8-18(10-17)29-13-24-26-27-29/h6-10,13,15H,11-12H2,1-5H3,(H,25,33)/t15-,23+/m1/s1. The van der Waals surface area contributed by atoms with Gasteiger partial charge in [0, 0.05) is 24.1 Å². The Balaban J connectivity index is 1.58. The van der Waals surface area contributed by atoms with Gasteiger partial charge in [0.05, 0.1) is 24.9 Å². The van der Waals surface area contributed by atoms with Crippen LogP contribution in [0.25, 0.3) is 5.69 Å². The molecule has 0 radical (unpaired) electrons. The maximum Gasteiger partial charge on any atom is 0.325 e. The van der Waals surface area contributed by atoms with Crippen molar-refractivity contribution in [3.8, 4) is 5.69 Å². The first-order valence-electron chi connectivity index (χ1n) is 10.9. The van der Waals surface area contributed by atoms with E-state index in [0.717, 1.165) is 16.3 Å². The summed E-state index contributed by atoms with van der Waals surface area (Å²) in [5.41, 5.74) is 2.03. The lowest BCUT2D eigenvalue weighted by Gasteiger charge is -2.22. The lowest BCUT2D eigenvalue weighted by atomic mass is 9.91. The van der Waals surface area contributed by atoms with E-state index in [0.29, 0.717) is 23.4 Å². The highest BCUT2D eigenvalue weighted by molar-refractivity contribution is 6.11. The van der Waals surface area contributed by atoms with Crippen LogP contribution in [0.15, 0.2) is 36.7 Å². The topological polar surface area (TPSA) is 124 Å². The van der Waals surface area contributed by atoms with E-state index in [2.05, 4.69) is 20.8 Å². The minimum atomic E-state index is -1.33. The van der Waals surface area contributed by atoms with Crippen molar-refractivity contribution < 1.29 is 19.1 Å². The number of nitrogens with zero attached hydrogens (tertiary/aromatic N) is 6. The third-order valence-corrected chi connectivity index (χ3v) is 6.25. The van der Waals surface area contributed by atoms with Gasteiger partial charge in [-0.15, -0.1) is 5.10 Å². The van der Waals surface area contributed by atoms with Crippen LogP contribution in [0, 0.1) is 13.8 Å². The SMILES string of the molecule is COC[C@@H](C)n1c(C)cc(C(=O)CN2C(=O)N[C@@](C)(c3cccc(-n4cnnn4)c3)C2=O)c1C. The van der Waals surface area contributed by atoms with Gasteiger partial charge in [-0.25, -0.2) is 9.48 Å². The second-order valence-electron chi connectivity index (χ2n) is 8.63. The molecule has 2 aromatic heterocycles. The highest BCUT2D eigenvalue weighted by Gasteiger charge is 2.49. The van der Waals surface area contributed by atoms with Crippen LogP contribution in [-0.2, 0) is 15.1 Å². The minimum Gasteiger partial charge on any atom is -0.383 e. The molecule has 0 aliphatic carbocycles. The summed E-state index contributed by atoms with van der Waals surface area (Å²) in [7, 11) is 1.63. The third kappa shape index (κ3) is 3.87. The van der Waals surface area contributed by atoms with E-state index in [1.807, 2.05) is 25.3 Å². The zero-order valence-electron chi connectivity index (χ0n) is 19.8. The molecular weight excluding hydrogens is 438 g/mol. The molecule has 2 atom stereocenters. The number of tetrazole rings is 1. The zero-order valence-corrected chi connectivity index (χ0v) is 19.8. The number of Topliss-reactive ketones (excluding diaryl/α,β-unsaturated/α-hetero) is 1. The van der Waals surface area contributed by atoms with Crippen LogP contribution in [0.3, 0.4) is 0 Å². The summed E-state index contributed by atoms with van der Waals surface area (Å²) in [6, 6.07) is 8.21. The number of ether oxygens (including phenoxy) is 1. The molecule has 3 amide bonds. The number of urea groups is 1. The molecule has 0 unspecified atom stereocenters. The van der Waals surface area contributed by atoms with Gasteiger partial charge in [0.15, 0.2) is 5.78 Å². The second kappa shape index (κ2) is 8.82. The van der Waals surface area contributed by atoms with Crippen LogP contribution in [0.5, 0.6) is 0 Å². The molecule has 0 saturated carbocycles. The Morgan fingerprint density at radius 2 is 2.00 bits per heavy atom. The van der Waals surface area contributed by atoms with Crippen molar-refractivity contribution in [1.29, 1.82) is 0 Å². The summed E-state index contributed by atoms with van der Waals surface area (Å²) in [5.74, 6) is -0.805. The largest absolute Gasteiger partial charge is 0.383 e. The second-order valence-corrected chi connectivity index (χ2v) is 8.63. The van der Waals surface area contributed by atoms with Crippen LogP contribution in [0.1, 0.15) is 47.2 Å². The monoisotopic (exact) mass is 465 g/mol. The maximum absolute atomic E-state index is 13.4. The molecule has 3 heterocycles. The molecule has 1 saturated heterocycles. The number of hydrogen-bond donors (Lipinski definition) is 1. The Labute approximate surface area is 196 Å². The van der Waals surface area contributed by atoms with Crippen molar-refractivity contribution in [3.63, 3.8) is 0 Å². The van der Waals surface area contributed by atoms with Crippen LogP contribution in [0.2, 0.25) is 0 Å². The number of methoxy groups -OCH3 is 1. The van der Waals surface area contributed by atoms with Gasteiger partial charge in [0.2, 0.25) is 0 Å². The minimum absolute atomic E-state index is 0.0408. The lowest BCUT2D eigenvalue weighted by molar-refractivity contribution is -0.130. The Bertz CT molecular complexity index is 1250. The summed E-state index contributed by atoms with van der Waals surface area (Å²) < 4.78 is 8.73. The molecule has 0 spiro atoms. The molecule has 1 aliphatic heterocycles. The summed E-state index contributed by atoms with van der Waals surface area (Å²) in [4.78, 5) is 40.3. The summed E-state index contributed by atoms with van der Waals surface area (Å²) >= 11 is 0. The molecule has 1 N–H and O–H groups in total. The normalized spacial score (nSPS) is 18.9. The quantitative estimate of drug-likeness (QED) is 0.398. The number of carbonyl (C=O) groups is 3. The average Bonchev–Trinajstić information content (AvgIpc) is 3.49. The number of nitrogens with one attached hydrogen (secondary N) is 1. The van der Waals surface area contributed by atoms with Crippen molar-refractivity contribution in [1.82, 2.24) is 35.0 Å². The van der Waals surface area contributed by atoms with Gasteiger partial charge in [-0.3, -0.25) is 14.5 Å². The predicted octanol–water partition coefficient (Wildman–Crippen LogP) is 1.94. The Hall–Kier alpha value is -3.86. The molecule has 11 nitrogen and oxygen atoms in total. The van der Waals surface area contributed by atoms with Crippen molar-refractivity contribution in [2.75, 3.05) is 20.3 Å². The van der Waals surface area contributed by atoms with Crippen molar-refractivity contribution in [2.24, 2.45) is 0 Å². The van der Waals surface area contributed by atoms with E-state index < -0.39 is 17.5 Å². The van der Waals surface area contributed by atoms with Gasteiger partial charge in [-0.1, -0.05) is 12.1 Å². The average molecular weight is 466 g/mol. The van der Waals surface area contributed by atoms with Crippen LogP contribution >= 0.6 is 0 Å². The maximum atomic E-state index is 13.4. The Morgan fingerprint density at radius 1 is 1.24 bits per heavy atom. The first-order chi connectivity index (χ1) is 16.2. The predicted molar refractivity (Wildman–Crippen MR) is 122 cm³/mol. The fraction of sp³-hybridized carbons (Fsp3) is 0.391. The Kier molecular flexibility index (Phi) is 6.05. The molecule has 4 rings (SSSR count). The van der Waals surface area contributed by atoms with Crippen molar-refractivity contribution >= 4 is 17.7 Å². The summed E-state index contributed by atoms with van der Waals surface area (Å²) in [6.07, 6.45) is 1.44. The van der Waals surface area contributed by atoms with E-state index in [1.54, 1.807) is 44.4 Å². The number of aromatic nitrogens is 5. The molecule has 1 fully saturated rings. The molecule has 0 bridgehead atoms. The molecule has 1 aliphatic rings. The third-order valence-electron chi connectivity index (χ3n) is 6.25. The molecule has 1 aromatic carbocycles. The van der Waals surface area contributed by atoms with Crippen molar-refractivity contribution in [3.05, 3.63) is 59.2 Å². The smallest absolute Gasteiger partial charge is 0.325 e. The van der Waals surface area contributed by atoms with Gasteiger partial charge < -0.3 is 14.6 Å². The van der Waals surface area contributed by atoms with Crippen LogP contribution in [0.4, 0.5) is 4.79 Å². The van der Waals surface area contributed by atoms with Gasteiger partial charge in [-0.2, -0.15) is 0 Å². The Morgan fingerprint density at radius 3 is 2.68 bits per heavy atom. The number of ketones is 1. The number of carbonyl (C=O) groups excluding carboxylic acids is 3. The summed E-state index contributed by atoms with van der Waals surface area (Å²) in [6.45, 7) is 7.54. The first-order valence-corrected chi connectivity index (χ1v) is 10.9. The fourth-order valence-corrected chi connectivity index (χ4v) is 4.56. The fourth-order valence-electron chi connectivity index (χ4n) is 4.56. The van der Waals surface area contributed by atoms with E-state index in [4.69, 9.17) is 4.74 Å². The highest BCUT2D eigenvalue weighted by atomic mass is 16.5. The number of aryl methyl sites for hydroxylation is 1. The molecular formula is C23H27N7O4. The number of imide groups is 1. The van der Waals surface area contributed by atoms with Crippen LogP contribution in [-0.4, -0.2) is 67.7 Å². The van der Waals surface area contributed by atoms with Crippen LogP contribution < -0.4 is 5.32 Å². The number of benzene rings is 1. The van der Waals surface area contributed by atoms with Gasteiger partial charge >= 0.3 is 6.03 Å². The van der Waals surface area contributed by atoms with E-state index >= 15 is 0 Å². The summed E-state index contributed by atoms with van der Waals surface area (Å²) in [5, 5.41) is 13.8. The van der Waals surface area contributed by atoms with E-state index in [-0.39, 0.29) is 18.4 Å². The van der Waals surface area contributed by atoms with E-state index in [9.17, 15) is 14.4 Å². The molecule has 3 aromatic rings. The lowest BCUT2D eigenvalue weighted by Crippen LogP contribution is -2.41. The van der Waals surface area contributed by atoms with Gasteiger partial charge in [0.25, 0.3) is 5.91 Å². The van der Waals surface area contributed by atoms with Gasteiger partial charge in [-0.05, 0) is 61.9 Å². The van der Waals surface area contributed by atoms with E-state index in [1.165, 1.54) is 11.0 Å². The molecule has 11 heteroatoms. The van der Waals surface area contributed by atoms with Crippen molar-refractivity contribution in [2.45, 2.75) is 39.3 Å². The first kappa shape index (κ1) is 23.3. The molecule has 178 valence electrons. The number of hydrogen-bond acceptors (Lipinski definition) is 7. The van der Waals surface area contributed by atoms with Gasteiger partial charge in [0.1, 0.15) is 11.9 Å².